The van der Waals surface area contributed by atoms with Crippen LogP contribution in [0.15, 0.2) is 18.2 Å². The molecule has 2 fully saturated rings. The Morgan fingerprint density at radius 2 is 2.35 bits per heavy atom. The van der Waals surface area contributed by atoms with Gasteiger partial charge in [0, 0.05) is 17.3 Å². The maximum absolute atomic E-state index is 13.8. The number of amides is 1. The van der Waals surface area contributed by atoms with Crippen molar-refractivity contribution in [2.75, 3.05) is 18.5 Å². The van der Waals surface area contributed by atoms with E-state index in [4.69, 9.17) is 4.74 Å². The van der Waals surface area contributed by atoms with Crippen molar-refractivity contribution >= 4 is 17.6 Å². The third-order valence-corrected chi connectivity index (χ3v) is 5.41. The average Bonchev–Trinajstić information content (AvgIpc) is 3.16. The molecule has 3 atom stereocenters. The van der Waals surface area contributed by atoms with Crippen LogP contribution in [-0.2, 0) is 19.9 Å². The summed E-state index contributed by atoms with van der Waals surface area (Å²) < 4.78 is 19.0. The van der Waals surface area contributed by atoms with Gasteiger partial charge in [-0.25, -0.2) is 4.39 Å². The van der Waals surface area contributed by atoms with Crippen LogP contribution in [0.2, 0.25) is 0 Å². The minimum atomic E-state index is -0.934. The molecule has 1 amide bonds. The maximum Gasteiger partial charge on any atom is 0.310 e. The van der Waals surface area contributed by atoms with Crippen molar-refractivity contribution < 1.29 is 18.7 Å². The van der Waals surface area contributed by atoms with Crippen LogP contribution in [0.4, 0.5) is 10.1 Å². The third kappa shape index (κ3) is 1.87. The maximum atomic E-state index is 13.8. The zero-order valence-corrected chi connectivity index (χ0v) is 13.0. The highest BCUT2D eigenvalue weighted by molar-refractivity contribution is 6.06. The summed E-state index contributed by atoms with van der Waals surface area (Å²) in [4.78, 5) is 27.3. The van der Waals surface area contributed by atoms with Crippen LogP contribution < -0.4 is 5.32 Å². The molecular weight excluding hydrogens is 299 g/mol. The van der Waals surface area contributed by atoms with Crippen molar-refractivity contribution in [3.05, 3.63) is 29.6 Å². The fourth-order valence-corrected chi connectivity index (χ4v) is 4.55. The second-order valence-electron chi connectivity index (χ2n) is 6.47. The van der Waals surface area contributed by atoms with Crippen LogP contribution in [0.1, 0.15) is 31.7 Å². The molecule has 0 aromatic heterocycles. The fraction of sp³-hybridized carbons (Fsp3) is 0.529. The smallest absolute Gasteiger partial charge is 0.310 e. The van der Waals surface area contributed by atoms with Gasteiger partial charge in [-0.15, -0.1) is 0 Å². The summed E-state index contributed by atoms with van der Waals surface area (Å²) in [7, 11) is 0. The second-order valence-corrected chi connectivity index (χ2v) is 6.47. The molecule has 122 valence electrons. The number of nitrogens with one attached hydrogen (secondary N) is 1. The van der Waals surface area contributed by atoms with E-state index in [1.165, 1.54) is 12.1 Å². The topological polar surface area (TPSA) is 58.6 Å². The molecule has 3 aliphatic rings. The first-order valence-corrected chi connectivity index (χ1v) is 8.13. The van der Waals surface area contributed by atoms with Crippen LogP contribution in [0.5, 0.6) is 0 Å². The van der Waals surface area contributed by atoms with Gasteiger partial charge in [0.1, 0.15) is 11.4 Å². The minimum absolute atomic E-state index is 0.00554. The van der Waals surface area contributed by atoms with Gasteiger partial charge in [-0.2, -0.15) is 0 Å². The van der Waals surface area contributed by atoms with E-state index in [-0.39, 0.29) is 29.7 Å². The Morgan fingerprint density at radius 1 is 1.52 bits per heavy atom. The molecule has 0 saturated carbocycles. The van der Waals surface area contributed by atoms with Gasteiger partial charge >= 0.3 is 5.97 Å². The normalized spacial score (nSPS) is 32.0. The van der Waals surface area contributed by atoms with E-state index in [1.54, 1.807) is 13.0 Å². The van der Waals surface area contributed by atoms with Gasteiger partial charge in [-0.1, -0.05) is 0 Å². The number of halogens is 1. The first-order chi connectivity index (χ1) is 11.1. The first-order valence-electron chi connectivity index (χ1n) is 8.13. The summed E-state index contributed by atoms with van der Waals surface area (Å²) in [6.45, 7) is 2.85. The lowest BCUT2D eigenvalue weighted by Gasteiger charge is -2.32. The van der Waals surface area contributed by atoms with Crippen LogP contribution in [0.25, 0.3) is 0 Å². The number of esters is 1. The Bertz CT molecular complexity index is 692. The molecule has 3 aliphatic heterocycles. The van der Waals surface area contributed by atoms with E-state index < -0.39 is 5.54 Å². The van der Waals surface area contributed by atoms with E-state index in [1.807, 2.05) is 0 Å². The number of benzene rings is 1. The lowest BCUT2D eigenvalue weighted by molar-refractivity contribution is -0.148. The van der Waals surface area contributed by atoms with Crippen molar-refractivity contribution in [3.63, 3.8) is 0 Å². The number of fused-ring (bicyclic) bond motifs is 4. The first kappa shape index (κ1) is 14.6. The number of carbonyl (C=O) groups excluding carboxylic acids is 2. The van der Waals surface area contributed by atoms with E-state index >= 15 is 0 Å². The molecule has 0 aliphatic carbocycles. The molecule has 5 nitrogen and oxygen atoms in total. The molecule has 1 spiro atoms. The van der Waals surface area contributed by atoms with Crippen LogP contribution in [-0.4, -0.2) is 36.0 Å². The highest BCUT2D eigenvalue weighted by Crippen LogP contribution is 2.54. The Kier molecular flexibility index (Phi) is 3.20. The summed E-state index contributed by atoms with van der Waals surface area (Å²) >= 11 is 0. The second kappa shape index (κ2) is 5.03. The van der Waals surface area contributed by atoms with Crippen LogP contribution >= 0.6 is 0 Å². The lowest BCUT2D eigenvalue weighted by Crippen LogP contribution is -2.47. The zero-order valence-electron chi connectivity index (χ0n) is 13.0. The largest absolute Gasteiger partial charge is 0.466 e. The Morgan fingerprint density at radius 3 is 3.13 bits per heavy atom. The van der Waals surface area contributed by atoms with Crippen molar-refractivity contribution in [2.24, 2.45) is 5.92 Å². The van der Waals surface area contributed by atoms with Crippen LogP contribution in [0.3, 0.4) is 0 Å². The molecule has 3 heterocycles. The van der Waals surface area contributed by atoms with Crippen molar-refractivity contribution in [1.82, 2.24) is 4.90 Å². The zero-order chi connectivity index (χ0) is 16.2. The third-order valence-electron chi connectivity index (χ3n) is 5.41. The van der Waals surface area contributed by atoms with E-state index in [0.29, 0.717) is 24.3 Å². The number of ether oxygens (including phenoxy) is 1. The number of hydrogen-bond donors (Lipinski definition) is 1. The summed E-state index contributed by atoms with van der Waals surface area (Å²) in [5, 5.41) is 2.86. The number of anilines is 1. The molecule has 0 bridgehead atoms. The average molecular weight is 318 g/mol. The fourth-order valence-electron chi connectivity index (χ4n) is 4.55. The van der Waals surface area contributed by atoms with Gasteiger partial charge in [-0.05, 0) is 50.9 Å². The number of nitrogens with zero attached hydrogens (tertiary/aromatic N) is 1. The van der Waals surface area contributed by atoms with E-state index in [9.17, 15) is 14.0 Å². The Labute approximate surface area is 133 Å². The summed E-state index contributed by atoms with van der Waals surface area (Å²) in [6.07, 6.45) is 2.15. The molecule has 1 aromatic carbocycles. The van der Waals surface area contributed by atoms with Gasteiger partial charge in [0.15, 0.2) is 0 Å². The summed E-state index contributed by atoms with van der Waals surface area (Å²) in [6, 6.07) is 4.36. The van der Waals surface area contributed by atoms with Gasteiger partial charge in [0.25, 0.3) is 0 Å². The quantitative estimate of drug-likeness (QED) is 0.848. The molecule has 1 N–H and O–H groups in total. The number of carbonyl (C=O) groups is 2. The van der Waals surface area contributed by atoms with Crippen molar-refractivity contribution in [1.29, 1.82) is 0 Å². The van der Waals surface area contributed by atoms with Gasteiger partial charge in [0.2, 0.25) is 5.91 Å². The van der Waals surface area contributed by atoms with Crippen molar-refractivity contribution in [3.8, 4) is 0 Å². The summed E-state index contributed by atoms with van der Waals surface area (Å²) in [5.74, 6) is -1.11. The van der Waals surface area contributed by atoms with Crippen molar-refractivity contribution in [2.45, 2.75) is 37.8 Å². The molecular formula is C17H19FN2O3. The minimum Gasteiger partial charge on any atom is -0.466 e. The monoisotopic (exact) mass is 318 g/mol. The van der Waals surface area contributed by atoms with Gasteiger partial charge in [0.05, 0.1) is 12.5 Å². The molecule has 6 heteroatoms. The Hall–Kier alpha value is -1.95. The van der Waals surface area contributed by atoms with Gasteiger partial charge < -0.3 is 10.1 Å². The molecule has 0 unspecified atom stereocenters. The highest BCUT2D eigenvalue weighted by Gasteiger charge is 2.63. The molecule has 23 heavy (non-hydrogen) atoms. The SMILES string of the molecule is CCOC(=O)[C@@H]1C[C@@]2(C(=O)Nc3ccc(F)cc32)N2CCC[C@H]12. The molecule has 4 rings (SSSR count). The molecule has 1 aromatic rings. The highest BCUT2D eigenvalue weighted by atomic mass is 19.1. The van der Waals surface area contributed by atoms with E-state index in [2.05, 4.69) is 10.2 Å². The number of hydrogen-bond acceptors (Lipinski definition) is 4. The van der Waals surface area contributed by atoms with E-state index in [0.717, 1.165) is 19.4 Å². The predicted molar refractivity (Wildman–Crippen MR) is 81.2 cm³/mol. The summed E-state index contributed by atoms with van der Waals surface area (Å²) in [5.41, 5.74) is 0.364. The standard InChI is InChI=1S/C17H19FN2O3/c1-2-23-15(21)11-9-17(20-7-3-4-14(11)20)12-8-10(18)5-6-13(12)19-16(17)22/h5-6,8,11,14H,2-4,7,9H2,1H3,(H,19,22)/t11-,14-,17-/m1/s1. The predicted octanol–water partition coefficient (Wildman–Crippen LogP) is 2.02. The molecule has 0 radical (unpaired) electrons. The number of rotatable bonds is 2. The Balaban J connectivity index is 1.81. The lowest BCUT2D eigenvalue weighted by atomic mass is 9.84. The van der Waals surface area contributed by atoms with Gasteiger partial charge in [-0.3, -0.25) is 14.5 Å². The van der Waals surface area contributed by atoms with Crippen LogP contribution in [0, 0.1) is 11.7 Å². The molecule has 2 saturated heterocycles.